The van der Waals surface area contributed by atoms with Gasteiger partial charge in [0.25, 0.3) is 0 Å². The lowest BCUT2D eigenvalue weighted by atomic mass is 10.0. The molecule has 0 fully saturated rings. The fourth-order valence-corrected chi connectivity index (χ4v) is 1.50. The van der Waals surface area contributed by atoms with Crippen LogP contribution in [0.1, 0.15) is 18.9 Å². The Bertz CT molecular complexity index is 290. The van der Waals surface area contributed by atoms with Crippen LogP contribution in [-0.4, -0.2) is 16.6 Å². The Morgan fingerprint density at radius 1 is 1.36 bits per heavy atom. The van der Waals surface area contributed by atoms with Gasteiger partial charge in [0.15, 0.2) is 0 Å². The average molecular weight is 211 g/mol. The van der Waals surface area contributed by atoms with Crippen molar-refractivity contribution in [2.24, 2.45) is 0 Å². The molecule has 14 heavy (non-hydrogen) atoms. The Morgan fingerprint density at radius 2 is 2.00 bits per heavy atom. The van der Waals surface area contributed by atoms with Crippen molar-refractivity contribution in [3.63, 3.8) is 0 Å². The number of hydrogen-bond donors (Lipinski definition) is 1. The van der Waals surface area contributed by atoms with Crippen LogP contribution in [0.3, 0.4) is 0 Å². The van der Waals surface area contributed by atoms with E-state index in [1.54, 1.807) is 13.0 Å². The van der Waals surface area contributed by atoms with E-state index in [-0.39, 0.29) is 0 Å². The molecule has 1 atom stereocenters. The lowest BCUT2D eigenvalue weighted by Gasteiger charge is -2.16. The Labute approximate surface area is 90.0 Å². The molecule has 0 bridgehead atoms. The fourth-order valence-electron chi connectivity index (χ4n) is 1.11. The number of alkyl halides is 1. The van der Waals surface area contributed by atoms with Crippen molar-refractivity contribution in [1.82, 2.24) is 0 Å². The highest BCUT2D eigenvalue weighted by atomic mass is 35.5. The minimum atomic E-state index is -0.808. The van der Waals surface area contributed by atoms with Gasteiger partial charge in [-0.05, 0) is 18.9 Å². The van der Waals surface area contributed by atoms with E-state index >= 15 is 0 Å². The topological polar surface area (TPSA) is 20.2 Å². The molecule has 1 N–H and O–H groups in total. The highest BCUT2D eigenvalue weighted by Crippen LogP contribution is 2.14. The molecule has 76 valence electrons. The minimum absolute atomic E-state index is 0.464. The zero-order valence-electron chi connectivity index (χ0n) is 8.28. The summed E-state index contributed by atoms with van der Waals surface area (Å²) in [6, 6.07) is 9.89. The smallest absolute Gasteiger partial charge is 0.0814 e. The normalized spacial score (nSPS) is 15.6. The molecule has 0 heterocycles. The molecule has 2 heteroatoms. The first-order valence-corrected chi connectivity index (χ1v) is 5.20. The van der Waals surface area contributed by atoms with E-state index in [2.05, 4.69) is 0 Å². The Hall–Kier alpha value is -0.790. The van der Waals surface area contributed by atoms with Gasteiger partial charge in [-0.15, -0.1) is 11.6 Å². The van der Waals surface area contributed by atoms with E-state index in [1.165, 1.54) is 0 Å². The lowest BCUT2D eigenvalue weighted by Crippen LogP contribution is -2.20. The Balaban J connectivity index is 2.64. The third kappa shape index (κ3) is 3.95. The summed E-state index contributed by atoms with van der Waals surface area (Å²) >= 11 is 5.57. The average Bonchev–Trinajstić information content (AvgIpc) is 2.17. The monoisotopic (exact) mass is 210 g/mol. The largest absolute Gasteiger partial charge is 0.386 e. The predicted octanol–water partition coefficient (Wildman–Crippen LogP) is 3.08. The lowest BCUT2D eigenvalue weighted by molar-refractivity contribution is 0.109. The third-order valence-electron chi connectivity index (χ3n) is 2.04. The number of benzene rings is 1. The van der Waals surface area contributed by atoms with E-state index in [9.17, 15) is 5.11 Å². The van der Waals surface area contributed by atoms with Crippen molar-refractivity contribution in [1.29, 1.82) is 0 Å². The van der Waals surface area contributed by atoms with Gasteiger partial charge in [0, 0.05) is 5.88 Å². The van der Waals surface area contributed by atoms with E-state index in [1.807, 2.05) is 36.4 Å². The second-order valence-electron chi connectivity index (χ2n) is 3.54. The number of halogens is 1. The summed E-state index contributed by atoms with van der Waals surface area (Å²) in [4.78, 5) is 0. The van der Waals surface area contributed by atoms with E-state index in [0.29, 0.717) is 12.3 Å². The van der Waals surface area contributed by atoms with Crippen molar-refractivity contribution in [2.75, 3.05) is 5.88 Å². The quantitative estimate of drug-likeness (QED) is 0.758. The van der Waals surface area contributed by atoms with Crippen LogP contribution in [0.2, 0.25) is 0 Å². The van der Waals surface area contributed by atoms with E-state index in [0.717, 1.165) is 5.56 Å². The maximum absolute atomic E-state index is 9.80. The summed E-state index contributed by atoms with van der Waals surface area (Å²) in [6.07, 6.45) is 4.26. The van der Waals surface area contributed by atoms with Crippen molar-refractivity contribution >= 4 is 17.7 Å². The third-order valence-corrected chi connectivity index (χ3v) is 2.22. The van der Waals surface area contributed by atoms with Crippen LogP contribution < -0.4 is 0 Å². The molecule has 0 saturated carbocycles. The van der Waals surface area contributed by atoms with Crippen molar-refractivity contribution in [2.45, 2.75) is 18.9 Å². The van der Waals surface area contributed by atoms with Crippen LogP contribution in [0, 0.1) is 0 Å². The van der Waals surface area contributed by atoms with Crippen LogP contribution in [-0.2, 0) is 0 Å². The molecule has 0 aliphatic rings. The van der Waals surface area contributed by atoms with Gasteiger partial charge >= 0.3 is 0 Å². The molecule has 0 amide bonds. The van der Waals surface area contributed by atoms with Gasteiger partial charge in [0.05, 0.1) is 5.60 Å². The van der Waals surface area contributed by atoms with Crippen LogP contribution in [0.4, 0.5) is 0 Å². The molecule has 0 radical (unpaired) electrons. The van der Waals surface area contributed by atoms with Gasteiger partial charge < -0.3 is 5.11 Å². The zero-order valence-corrected chi connectivity index (χ0v) is 9.04. The van der Waals surface area contributed by atoms with Gasteiger partial charge in [0.1, 0.15) is 0 Å². The SMILES string of the molecule is CC(O)(/C=C/c1ccccc1)CCCl. The maximum Gasteiger partial charge on any atom is 0.0814 e. The van der Waals surface area contributed by atoms with Gasteiger partial charge in [-0.25, -0.2) is 0 Å². The molecule has 0 aliphatic carbocycles. The fraction of sp³-hybridized carbons (Fsp3) is 0.333. The number of hydrogen-bond acceptors (Lipinski definition) is 1. The summed E-state index contributed by atoms with van der Waals surface area (Å²) in [5.41, 5.74) is 0.278. The number of rotatable bonds is 4. The van der Waals surface area contributed by atoms with E-state index in [4.69, 9.17) is 11.6 Å². The van der Waals surface area contributed by atoms with Crippen LogP contribution in [0.15, 0.2) is 36.4 Å². The molecule has 0 saturated heterocycles. The first-order valence-electron chi connectivity index (χ1n) is 4.67. The maximum atomic E-state index is 9.80. The van der Waals surface area contributed by atoms with Crippen molar-refractivity contribution in [3.05, 3.63) is 42.0 Å². The van der Waals surface area contributed by atoms with Crippen LogP contribution >= 0.6 is 11.6 Å². The van der Waals surface area contributed by atoms with Crippen molar-refractivity contribution in [3.8, 4) is 0 Å². The van der Waals surface area contributed by atoms with Crippen LogP contribution in [0.5, 0.6) is 0 Å². The molecule has 0 aromatic heterocycles. The molecule has 1 nitrogen and oxygen atoms in total. The summed E-state index contributed by atoms with van der Waals surface area (Å²) in [5.74, 6) is 0.464. The Kier molecular flexibility index (Phi) is 4.18. The highest BCUT2D eigenvalue weighted by molar-refractivity contribution is 6.17. The zero-order chi connectivity index (χ0) is 10.4. The van der Waals surface area contributed by atoms with Gasteiger partial charge in [-0.2, -0.15) is 0 Å². The van der Waals surface area contributed by atoms with Gasteiger partial charge in [0.2, 0.25) is 0 Å². The summed E-state index contributed by atoms with van der Waals surface area (Å²) in [6.45, 7) is 1.76. The highest BCUT2D eigenvalue weighted by Gasteiger charge is 2.14. The van der Waals surface area contributed by atoms with Crippen LogP contribution in [0.25, 0.3) is 6.08 Å². The van der Waals surface area contributed by atoms with Gasteiger partial charge in [-0.1, -0.05) is 42.5 Å². The van der Waals surface area contributed by atoms with Gasteiger partial charge in [-0.3, -0.25) is 0 Å². The minimum Gasteiger partial charge on any atom is -0.386 e. The molecular weight excluding hydrogens is 196 g/mol. The molecule has 1 unspecified atom stereocenters. The first-order chi connectivity index (χ1) is 6.64. The number of aliphatic hydroxyl groups is 1. The molecular formula is C12H15ClO. The standard InChI is InChI=1S/C12H15ClO/c1-12(14,9-10-13)8-7-11-5-3-2-4-6-11/h2-8,14H,9-10H2,1H3/b8-7+. The molecule has 1 aromatic rings. The first kappa shape index (κ1) is 11.3. The molecule has 0 aliphatic heterocycles. The second kappa shape index (κ2) is 5.18. The Morgan fingerprint density at radius 3 is 2.57 bits per heavy atom. The molecule has 1 rings (SSSR count). The van der Waals surface area contributed by atoms with E-state index < -0.39 is 5.60 Å². The predicted molar refractivity (Wildman–Crippen MR) is 61.4 cm³/mol. The second-order valence-corrected chi connectivity index (χ2v) is 3.92. The van der Waals surface area contributed by atoms with Crippen molar-refractivity contribution < 1.29 is 5.11 Å². The molecule has 0 spiro atoms. The summed E-state index contributed by atoms with van der Waals surface area (Å²) in [7, 11) is 0. The molecule has 1 aromatic carbocycles. The summed E-state index contributed by atoms with van der Waals surface area (Å²) in [5, 5.41) is 9.80. The summed E-state index contributed by atoms with van der Waals surface area (Å²) < 4.78 is 0.